The van der Waals surface area contributed by atoms with E-state index in [0.717, 1.165) is 6.26 Å². The van der Waals surface area contributed by atoms with E-state index < -0.39 is 57.9 Å². The highest BCUT2D eigenvalue weighted by Gasteiger charge is 2.56. The van der Waals surface area contributed by atoms with Crippen molar-refractivity contribution in [2.24, 2.45) is 0 Å². The van der Waals surface area contributed by atoms with Crippen molar-refractivity contribution in [2.75, 3.05) is 13.4 Å². The van der Waals surface area contributed by atoms with Crippen LogP contribution in [-0.2, 0) is 33.4 Å². The highest BCUT2D eigenvalue weighted by atomic mass is 32.2. The lowest BCUT2D eigenvalue weighted by Crippen LogP contribution is -2.47. The molecule has 0 saturated carbocycles. The Kier molecular flexibility index (Phi) is 5.52. The lowest BCUT2D eigenvalue weighted by atomic mass is 10.1. The molecular weight excluding hydrogens is 368 g/mol. The quantitative estimate of drug-likeness (QED) is 0.513. The number of carbonyl (C=O) groups is 3. The Morgan fingerprint density at radius 3 is 2.35 bits per heavy atom. The number of hydrogen-bond acceptors (Lipinski definition) is 8. The number of esters is 1. The Morgan fingerprint density at radius 1 is 1.23 bits per heavy atom. The van der Waals surface area contributed by atoms with Gasteiger partial charge < -0.3 is 19.7 Å². The molecule has 148 valence electrons. The summed E-state index contributed by atoms with van der Waals surface area (Å²) in [6.07, 6.45) is -0.646. The van der Waals surface area contributed by atoms with E-state index in [0.29, 0.717) is 0 Å². The largest absolute Gasteiger partial charge is 0.467 e. The van der Waals surface area contributed by atoms with Crippen LogP contribution in [0.4, 0.5) is 4.79 Å². The summed E-state index contributed by atoms with van der Waals surface area (Å²) < 4.78 is 37.9. The van der Waals surface area contributed by atoms with Gasteiger partial charge in [0.2, 0.25) is 5.91 Å². The predicted molar refractivity (Wildman–Crippen MR) is 88.5 cm³/mol. The molecule has 2 aliphatic rings. The second kappa shape index (κ2) is 7.03. The van der Waals surface area contributed by atoms with Gasteiger partial charge in [-0.05, 0) is 27.2 Å². The van der Waals surface area contributed by atoms with Crippen molar-refractivity contribution in [1.82, 2.24) is 10.2 Å². The first-order valence-corrected chi connectivity index (χ1v) is 9.92. The molecule has 2 saturated heterocycles. The molecule has 0 spiro atoms. The molecule has 0 aromatic heterocycles. The van der Waals surface area contributed by atoms with Crippen molar-refractivity contribution in [2.45, 2.75) is 63.4 Å². The summed E-state index contributed by atoms with van der Waals surface area (Å²) in [5.74, 6) is -1.17. The predicted octanol–water partition coefficient (Wildman–Crippen LogP) is -0.229. The van der Waals surface area contributed by atoms with Gasteiger partial charge >= 0.3 is 12.1 Å². The van der Waals surface area contributed by atoms with E-state index in [1.807, 2.05) is 0 Å². The highest BCUT2D eigenvalue weighted by molar-refractivity contribution is 7.86. The topological polar surface area (TPSA) is 128 Å². The molecule has 0 aromatic rings. The van der Waals surface area contributed by atoms with Crippen LogP contribution in [0.3, 0.4) is 0 Å². The summed E-state index contributed by atoms with van der Waals surface area (Å²) in [5.41, 5.74) is -0.738. The number of nitrogens with one attached hydrogen (secondary N) is 1. The third-order valence-corrected chi connectivity index (χ3v) is 4.67. The summed E-state index contributed by atoms with van der Waals surface area (Å²) >= 11 is 0. The summed E-state index contributed by atoms with van der Waals surface area (Å²) in [4.78, 5) is 37.8. The van der Waals surface area contributed by atoms with E-state index in [4.69, 9.17) is 13.7 Å². The smallest absolute Gasteiger partial charge is 0.408 e. The Balaban J connectivity index is 2.18. The minimum atomic E-state index is -3.79. The van der Waals surface area contributed by atoms with Crippen molar-refractivity contribution in [3.05, 3.63) is 0 Å². The number of rotatable bonds is 4. The zero-order valence-electron chi connectivity index (χ0n) is 15.3. The summed E-state index contributed by atoms with van der Waals surface area (Å²) in [6.45, 7) is 5.06. The van der Waals surface area contributed by atoms with Crippen LogP contribution < -0.4 is 5.32 Å². The summed E-state index contributed by atoms with van der Waals surface area (Å²) in [6, 6.07) is -2.57. The molecule has 0 unspecified atom stereocenters. The van der Waals surface area contributed by atoms with Gasteiger partial charge in [0.15, 0.2) is 0 Å². The second-order valence-electron chi connectivity index (χ2n) is 7.36. The van der Waals surface area contributed by atoms with Crippen LogP contribution in [0.1, 0.15) is 33.6 Å². The van der Waals surface area contributed by atoms with Crippen LogP contribution in [0.15, 0.2) is 0 Å². The molecule has 2 fully saturated rings. The Morgan fingerprint density at radius 2 is 1.85 bits per heavy atom. The standard InChI is InChI=1S/C15H24N2O8S/c1-15(2,3)24-14(20)16-8-6-9-11(25-26(5,21)22)7-10(13(19)23-4)17(9)12(8)18/h8-11H,6-7H2,1-5H3,(H,16,20)/t8-,9-,10-,11+/m0/s1. The maximum absolute atomic E-state index is 12.7. The number of fused-ring (bicyclic) bond motifs is 1. The Hall–Kier alpha value is -1.88. The second-order valence-corrected chi connectivity index (χ2v) is 8.96. The van der Waals surface area contributed by atoms with Gasteiger partial charge in [0.05, 0.1) is 19.4 Å². The molecule has 11 heteroatoms. The number of carbonyl (C=O) groups excluding carboxylic acids is 3. The average molecular weight is 392 g/mol. The van der Waals surface area contributed by atoms with Gasteiger partial charge in [-0.25, -0.2) is 9.59 Å². The summed E-state index contributed by atoms with van der Waals surface area (Å²) in [7, 11) is -2.61. The molecule has 2 amide bonds. The van der Waals surface area contributed by atoms with Gasteiger partial charge in [0.25, 0.3) is 10.1 Å². The number of alkyl carbamates (subject to hydrolysis) is 1. The first kappa shape index (κ1) is 20.4. The first-order chi connectivity index (χ1) is 11.8. The van der Waals surface area contributed by atoms with E-state index in [1.54, 1.807) is 20.8 Å². The third kappa shape index (κ3) is 4.64. The van der Waals surface area contributed by atoms with Crippen LogP contribution in [0.5, 0.6) is 0 Å². The highest BCUT2D eigenvalue weighted by Crippen LogP contribution is 2.37. The van der Waals surface area contributed by atoms with Crippen LogP contribution in [0, 0.1) is 0 Å². The molecule has 26 heavy (non-hydrogen) atoms. The van der Waals surface area contributed by atoms with Gasteiger partial charge in [-0.3, -0.25) is 8.98 Å². The van der Waals surface area contributed by atoms with Crippen molar-refractivity contribution >= 4 is 28.1 Å². The molecule has 4 atom stereocenters. The fraction of sp³-hybridized carbons (Fsp3) is 0.800. The maximum Gasteiger partial charge on any atom is 0.408 e. The van der Waals surface area contributed by atoms with E-state index >= 15 is 0 Å². The zero-order chi connectivity index (χ0) is 19.9. The number of hydrogen-bond donors (Lipinski definition) is 1. The molecule has 0 bridgehead atoms. The molecule has 10 nitrogen and oxygen atoms in total. The fourth-order valence-corrected chi connectivity index (χ4v) is 3.91. The van der Waals surface area contributed by atoms with Crippen LogP contribution in [0.25, 0.3) is 0 Å². The molecule has 0 radical (unpaired) electrons. The molecule has 1 N–H and O–H groups in total. The first-order valence-electron chi connectivity index (χ1n) is 8.10. The van der Waals surface area contributed by atoms with E-state index in [9.17, 15) is 22.8 Å². The molecule has 2 rings (SSSR count). The van der Waals surface area contributed by atoms with E-state index in [-0.39, 0.29) is 12.8 Å². The van der Waals surface area contributed by atoms with Crippen LogP contribution >= 0.6 is 0 Å². The minimum Gasteiger partial charge on any atom is -0.467 e. The lowest BCUT2D eigenvalue weighted by molar-refractivity contribution is -0.150. The van der Waals surface area contributed by atoms with Crippen LogP contribution in [0.2, 0.25) is 0 Å². The van der Waals surface area contributed by atoms with E-state index in [2.05, 4.69) is 5.32 Å². The summed E-state index contributed by atoms with van der Waals surface area (Å²) in [5, 5.41) is 2.47. The number of methoxy groups -OCH3 is 1. The van der Waals surface area contributed by atoms with Crippen molar-refractivity contribution in [3.63, 3.8) is 0 Å². The normalized spacial score (nSPS) is 28.7. The molecule has 2 heterocycles. The molecule has 0 aromatic carbocycles. The van der Waals surface area contributed by atoms with Crippen molar-refractivity contribution < 1.29 is 36.5 Å². The molecular formula is C15H24N2O8S. The van der Waals surface area contributed by atoms with Crippen LogP contribution in [-0.4, -0.2) is 74.5 Å². The average Bonchev–Trinajstić information content (AvgIpc) is 2.94. The van der Waals surface area contributed by atoms with Gasteiger partial charge in [0.1, 0.15) is 23.8 Å². The van der Waals surface area contributed by atoms with Gasteiger partial charge in [-0.15, -0.1) is 0 Å². The fourth-order valence-electron chi connectivity index (χ4n) is 3.25. The lowest BCUT2D eigenvalue weighted by Gasteiger charge is -2.23. The van der Waals surface area contributed by atoms with Crippen molar-refractivity contribution in [3.8, 4) is 0 Å². The van der Waals surface area contributed by atoms with Gasteiger partial charge in [-0.1, -0.05) is 0 Å². The zero-order valence-corrected chi connectivity index (χ0v) is 16.2. The maximum atomic E-state index is 12.7. The minimum absolute atomic E-state index is 0.00923. The Bertz CT molecular complexity index is 699. The van der Waals surface area contributed by atoms with E-state index in [1.165, 1.54) is 12.0 Å². The third-order valence-electron chi connectivity index (χ3n) is 4.07. The molecule has 0 aliphatic carbocycles. The molecule has 2 aliphatic heterocycles. The number of nitrogens with zero attached hydrogens (tertiary/aromatic N) is 1. The number of ether oxygens (including phenoxy) is 2. The Labute approximate surface area is 152 Å². The number of amides is 2. The van der Waals surface area contributed by atoms with Crippen molar-refractivity contribution in [1.29, 1.82) is 0 Å². The van der Waals surface area contributed by atoms with Gasteiger partial charge in [0, 0.05) is 6.42 Å². The monoisotopic (exact) mass is 392 g/mol. The van der Waals surface area contributed by atoms with Gasteiger partial charge in [-0.2, -0.15) is 8.42 Å². The SMILES string of the molecule is COC(=O)[C@@H]1C[C@@H](OS(C)(=O)=O)[C@@H]2C[C@H](NC(=O)OC(C)(C)C)C(=O)N12.